The summed E-state index contributed by atoms with van der Waals surface area (Å²) in [5.41, 5.74) is 7.17. The van der Waals surface area contributed by atoms with Crippen molar-refractivity contribution in [3.05, 3.63) is 48.2 Å². The van der Waals surface area contributed by atoms with Gasteiger partial charge in [-0.1, -0.05) is 24.3 Å². The van der Waals surface area contributed by atoms with Gasteiger partial charge >= 0.3 is 0 Å². The van der Waals surface area contributed by atoms with E-state index >= 15 is 0 Å². The maximum Gasteiger partial charge on any atom is 0.246 e. The van der Waals surface area contributed by atoms with E-state index in [0.29, 0.717) is 6.54 Å². The smallest absolute Gasteiger partial charge is 0.246 e. The zero-order chi connectivity index (χ0) is 17.1. The van der Waals surface area contributed by atoms with Crippen molar-refractivity contribution in [2.75, 3.05) is 6.54 Å². The van der Waals surface area contributed by atoms with Gasteiger partial charge in [0.25, 0.3) is 0 Å². The van der Waals surface area contributed by atoms with Gasteiger partial charge in [0.1, 0.15) is 0 Å². The number of hydrogen-bond donors (Lipinski definition) is 1. The van der Waals surface area contributed by atoms with Gasteiger partial charge in [-0.3, -0.25) is 14.6 Å². The molecule has 1 aliphatic rings. The monoisotopic (exact) mass is 323 g/mol. The summed E-state index contributed by atoms with van der Waals surface area (Å²) in [5, 5.41) is 1.03. The summed E-state index contributed by atoms with van der Waals surface area (Å²) in [4.78, 5) is 30.1. The Kier molecular flexibility index (Phi) is 4.60. The minimum atomic E-state index is -0.332. The molecule has 1 saturated heterocycles. The third-order valence-corrected chi connectivity index (χ3v) is 4.64. The first-order valence-corrected chi connectivity index (χ1v) is 8.18. The number of hydrogen-bond acceptors (Lipinski definition) is 3. The second-order valence-corrected chi connectivity index (χ2v) is 6.27. The predicted molar refractivity (Wildman–Crippen MR) is 93.9 cm³/mol. The Bertz CT molecular complexity index is 795. The lowest BCUT2D eigenvalue weighted by molar-refractivity contribution is -0.133. The number of rotatable bonds is 3. The fourth-order valence-electron chi connectivity index (χ4n) is 3.17. The van der Waals surface area contributed by atoms with Crippen molar-refractivity contribution in [3.8, 4) is 0 Å². The Hall–Kier alpha value is -2.69. The lowest BCUT2D eigenvalue weighted by Gasteiger charge is -2.36. The van der Waals surface area contributed by atoms with E-state index in [-0.39, 0.29) is 23.8 Å². The Morgan fingerprint density at radius 2 is 2.04 bits per heavy atom. The van der Waals surface area contributed by atoms with Crippen LogP contribution in [0.2, 0.25) is 0 Å². The molecule has 2 heterocycles. The van der Waals surface area contributed by atoms with Gasteiger partial charge in [0.05, 0.1) is 11.4 Å². The van der Waals surface area contributed by atoms with Crippen LogP contribution in [-0.2, 0) is 9.59 Å². The highest BCUT2D eigenvalue weighted by Crippen LogP contribution is 2.23. The number of carbonyl (C=O) groups is 2. The van der Waals surface area contributed by atoms with Crippen LogP contribution in [-0.4, -0.2) is 34.3 Å². The van der Waals surface area contributed by atoms with Crippen LogP contribution in [0.15, 0.2) is 42.6 Å². The second-order valence-electron chi connectivity index (χ2n) is 6.27. The van der Waals surface area contributed by atoms with E-state index < -0.39 is 0 Å². The molecule has 0 radical (unpaired) electrons. The number of pyridine rings is 1. The van der Waals surface area contributed by atoms with Crippen LogP contribution in [0.4, 0.5) is 0 Å². The molecule has 124 valence electrons. The van der Waals surface area contributed by atoms with Crippen molar-refractivity contribution in [1.82, 2.24) is 9.88 Å². The summed E-state index contributed by atoms with van der Waals surface area (Å²) < 4.78 is 0. The van der Waals surface area contributed by atoms with Gasteiger partial charge < -0.3 is 10.6 Å². The average molecular weight is 323 g/mol. The topological polar surface area (TPSA) is 76.3 Å². The van der Waals surface area contributed by atoms with Crippen LogP contribution in [0.1, 0.15) is 25.3 Å². The SMILES string of the molecule is CC1CCC(C(N)=O)CN1C(=O)/C=C/c1cccc2cccnc12. The molecule has 0 aliphatic carbocycles. The normalized spacial score (nSPS) is 21.3. The van der Waals surface area contributed by atoms with Gasteiger partial charge in [0.2, 0.25) is 11.8 Å². The standard InChI is InChI=1S/C19H21N3O2/c1-13-7-8-16(19(20)24)12-22(13)17(23)10-9-15-5-2-4-14-6-3-11-21-18(14)15/h2-6,9-11,13,16H,7-8,12H2,1H3,(H2,20,24)/b10-9+. The molecule has 2 unspecified atom stereocenters. The Morgan fingerprint density at radius 3 is 2.83 bits per heavy atom. The number of carbonyl (C=O) groups excluding carboxylic acids is 2. The molecule has 24 heavy (non-hydrogen) atoms. The maximum atomic E-state index is 12.6. The Labute approximate surface area is 141 Å². The molecule has 2 N–H and O–H groups in total. The number of primary amides is 1. The lowest BCUT2D eigenvalue weighted by atomic mass is 9.93. The first kappa shape index (κ1) is 16.2. The van der Waals surface area contributed by atoms with Gasteiger partial charge in [-0.2, -0.15) is 0 Å². The first-order chi connectivity index (χ1) is 11.6. The number of nitrogens with zero attached hydrogens (tertiary/aromatic N) is 2. The number of benzene rings is 1. The largest absolute Gasteiger partial charge is 0.369 e. The molecular weight excluding hydrogens is 302 g/mol. The second kappa shape index (κ2) is 6.83. The molecule has 3 rings (SSSR count). The summed E-state index contributed by atoms with van der Waals surface area (Å²) in [6, 6.07) is 9.87. The van der Waals surface area contributed by atoms with Crippen molar-refractivity contribution < 1.29 is 9.59 Å². The van der Waals surface area contributed by atoms with Crippen molar-refractivity contribution in [2.24, 2.45) is 11.7 Å². The Balaban J connectivity index is 1.80. The van der Waals surface area contributed by atoms with Crippen LogP contribution in [0.5, 0.6) is 0 Å². The lowest BCUT2D eigenvalue weighted by Crippen LogP contribution is -2.48. The quantitative estimate of drug-likeness (QED) is 0.881. The zero-order valence-electron chi connectivity index (χ0n) is 13.7. The molecule has 1 aliphatic heterocycles. The van der Waals surface area contributed by atoms with Crippen LogP contribution in [0.3, 0.4) is 0 Å². The number of likely N-dealkylation sites (tertiary alicyclic amines) is 1. The van der Waals surface area contributed by atoms with Crippen LogP contribution in [0, 0.1) is 5.92 Å². The number of amides is 2. The fraction of sp³-hybridized carbons (Fsp3) is 0.316. The number of para-hydroxylation sites is 1. The Morgan fingerprint density at radius 1 is 1.25 bits per heavy atom. The average Bonchev–Trinajstić information content (AvgIpc) is 2.59. The molecule has 2 atom stereocenters. The summed E-state index contributed by atoms with van der Waals surface area (Å²) in [6.07, 6.45) is 6.63. The predicted octanol–water partition coefficient (Wildman–Crippen LogP) is 2.36. The number of fused-ring (bicyclic) bond motifs is 1. The van der Waals surface area contributed by atoms with E-state index in [1.54, 1.807) is 23.2 Å². The molecule has 5 heteroatoms. The highest BCUT2D eigenvalue weighted by Gasteiger charge is 2.30. The van der Waals surface area contributed by atoms with E-state index in [1.807, 2.05) is 37.3 Å². The fourth-order valence-corrected chi connectivity index (χ4v) is 3.17. The minimum absolute atomic E-state index is 0.0959. The number of aromatic nitrogens is 1. The highest BCUT2D eigenvalue weighted by atomic mass is 16.2. The van der Waals surface area contributed by atoms with E-state index in [0.717, 1.165) is 29.3 Å². The van der Waals surface area contributed by atoms with Crippen molar-refractivity contribution in [3.63, 3.8) is 0 Å². The zero-order valence-corrected chi connectivity index (χ0v) is 13.7. The molecule has 1 fully saturated rings. The van der Waals surface area contributed by atoms with Crippen molar-refractivity contribution >= 4 is 28.8 Å². The molecular formula is C19H21N3O2. The third-order valence-electron chi connectivity index (χ3n) is 4.64. The van der Waals surface area contributed by atoms with Crippen LogP contribution >= 0.6 is 0 Å². The van der Waals surface area contributed by atoms with Crippen molar-refractivity contribution in [1.29, 1.82) is 0 Å². The van der Waals surface area contributed by atoms with E-state index in [9.17, 15) is 9.59 Å². The van der Waals surface area contributed by atoms with Crippen molar-refractivity contribution in [2.45, 2.75) is 25.8 Å². The number of piperidine rings is 1. The van der Waals surface area contributed by atoms with Gasteiger partial charge in [-0.25, -0.2) is 0 Å². The van der Waals surface area contributed by atoms with Gasteiger partial charge in [-0.05, 0) is 31.9 Å². The summed E-state index contributed by atoms with van der Waals surface area (Å²) in [5.74, 6) is -0.680. The van der Waals surface area contributed by atoms with Crippen LogP contribution < -0.4 is 5.73 Å². The van der Waals surface area contributed by atoms with E-state index in [4.69, 9.17) is 5.73 Å². The molecule has 2 aromatic rings. The molecule has 0 spiro atoms. The molecule has 0 bridgehead atoms. The highest BCUT2D eigenvalue weighted by molar-refractivity contribution is 5.95. The minimum Gasteiger partial charge on any atom is -0.369 e. The molecule has 1 aromatic heterocycles. The summed E-state index contributed by atoms with van der Waals surface area (Å²) in [7, 11) is 0. The molecule has 5 nitrogen and oxygen atoms in total. The summed E-state index contributed by atoms with van der Waals surface area (Å²) >= 11 is 0. The molecule has 0 saturated carbocycles. The van der Waals surface area contributed by atoms with Crippen LogP contribution in [0.25, 0.3) is 17.0 Å². The molecule has 1 aromatic carbocycles. The van der Waals surface area contributed by atoms with E-state index in [1.165, 1.54) is 0 Å². The van der Waals surface area contributed by atoms with Gasteiger partial charge in [0, 0.05) is 35.8 Å². The van der Waals surface area contributed by atoms with Gasteiger partial charge in [-0.15, -0.1) is 0 Å². The molecule has 2 amide bonds. The maximum absolute atomic E-state index is 12.6. The first-order valence-electron chi connectivity index (χ1n) is 8.18. The number of nitrogens with two attached hydrogens (primary N) is 1. The van der Waals surface area contributed by atoms with Gasteiger partial charge in [0.15, 0.2) is 0 Å². The van der Waals surface area contributed by atoms with E-state index in [2.05, 4.69) is 4.98 Å². The summed E-state index contributed by atoms with van der Waals surface area (Å²) in [6.45, 7) is 2.40. The third kappa shape index (κ3) is 3.30.